The summed E-state index contributed by atoms with van der Waals surface area (Å²) in [4.78, 5) is 36.8. The Hall–Kier alpha value is -4.14. The summed E-state index contributed by atoms with van der Waals surface area (Å²) in [6, 6.07) is 15.0. The Bertz CT molecular complexity index is 1250. The van der Waals surface area contributed by atoms with Crippen LogP contribution in [0.25, 0.3) is 11.3 Å². The molecule has 9 heteroatoms. The van der Waals surface area contributed by atoms with Gasteiger partial charge in [0.1, 0.15) is 5.54 Å². The number of ether oxygens (including phenoxy) is 2. The Morgan fingerprint density at radius 1 is 0.938 bits per heavy atom. The van der Waals surface area contributed by atoms with Gasteiger partial charge in [0.15, 0.2) is 11.5 Å². The highest BCUT2D eigenvalue weighted by molar-refractivity contribution is 5.96. The van der Waals surface area contributed by atoms with Crippen LogP contribution >= 0.6 is 0 Å². The molecule has 0 saturated carbocycles. The molecule has 3 aromatic rings. The average molecular weight is 434 g/mol. The van der Waals surface area contributed by atoms with E-state index in [1.807, 2.05) is 6.07 Å². The molecule has 2 heterocycles. The second kappa shape index (κ2) is 8.18. The van der Waals surface area contributed by atoms with Crippen molar-refractivity contribution in [1.29, 1.82) is 0 Å². The number of aromatic nitrogens is 2. The zero-order chi connectivity index (χ0) is 22.9. The topological polar surface area (TPSA) is 112 Å². The molecule has 0 spiro atoms. The number of fused-ring (bicyclic) bond motifs is 1. The predicted octanol–water partition coefficient (Wildman–Crippen LogP) is 2.97. The number of nitrogens with one attached hydrogen (secondary N) is 2. The first-order valence-electron chi connectivity index (χ1n) is 9.94. The first kappa shape index (κ1) is 21.1. The predicted molar refractivity (Wildman–Crippen MR) is 119 cm³/mol. The third kappa shape index (κ3) is 4.18. The number of carbonyl (C=O) groups is 2. The van der Waals surface area contributed by atoms with Crippen molar-refractivity contribution in [3.8, 4) is 22.8 Å². The quantitative estimate of drug-likeness (QED) is 0.639. The fourth-order valence-electron chi connectivity index (χ4n) is 3.24. The maximum atomic E-state index is 13.0. The summed E-state index contributed by atoms with van der Waals surface area (Å²) in [5.41, 5.74) is 0.702. The zero-order valence-electron chi connectivity index (χ0n) is 17.8. The number of carbonyl (C=O) groups excluding carboxylic acids is 2. The molecule has 1 aromatic heterocycles. The van der Waals surface area contributed by atoms with Crippen molar-refractivity contribution in [2.45, 2.75) is 26.3 Å². The fourth-order valence-corrected chi connectivity index (χ4v) is 3.24. The van der Waals surface area contributed by atoms with Crippen LogP contribution in [0.2, 0.25) is 0 Å². The molecule has 32 heavy (non-hydrogen) atoms. The van der Waals surface area contributed by atoms with Crippen LogP contribution in [0.3, 0.4) is 0 Å². The van der Waals surface area contributed by atoms with Crippen LogP contribution in [0.5, 0.6) is 11.5 Å². The normalized spacial score (nSPS) is 12.3. The van der Waals surface area contributed by atoms with Crippen molar-refractivity contribution in [3.63, 3.8) is 0 Å². The SMILES string of the molecule is CC(=O)Nc1ccc(NC(=O)C(C)(C)n2nc(-c3ccc4c(c3)OCO4)ccc2=O)cc1. The van der Waals surface area contributed by atoms with Crippen LogP contribution in [-0.4, -0.2) is 28.4 Å². The van der Waals surface area contributed by atoms with Gasteiger partial charge >= 0.3 is 0 Å². The third-order valence-electron chi connectivity index (χ3n) is 5.02. The number of hydrogen-bond acceptors (Lipinski definition) is 6. The molecule has 2 aromatic carbocycles. The first-order valence-corrected chi connectivity index (χ1v) is 9.94. The molecular formula is C23H22N4O5. The van der Waals surface area contributed by atoms with Gasteiger partial charge in [0.25, 0.3) is 11.5 Å². The molecule has 0 saturated heterocycles. The summed E-state index contributed by atoms with van der Waals surface area (Å²) in [6.07, 6.45) is 0. The van der Waals surface area contributed by atoms with Gasteiger partial charge in [-0.25, -0.2) is 4.68 Å². The second-order valence-corrected chi connectivity index (χ2v) is 7.81. The first-order chi connectivity index (χ1) is 15.2. The van der Waals surface area contributed by atoms with Crippen molar-refractivity contribution >= 4 is 23.2 Å². The Labute approximate surface area is 184 Å². The minimum atomic E-state index is -1.28. The molecule has 1 aliphatic heterocycles. The van der Waals surface area contributed by atoms with E-state index in [1.165, 1.54) is 13.0 Å². The van der Waals surface area contributed by atoms with Gasteiger partial charge in [-0.1, -0.05) is 0 Å². The maximum Gasteiger partial charge on any atom is 0.267 e. The van der Waals surface area contributed by atoms with Crippen LogP contribution in [0.4, 0.5) is 11.4 Å². The van der Waals surface area contributed by atoms with E-state index >= 15 is 0 Å². The summed E-state index contributed by atoms with van der Waals surface area (Å²) in [6.45, 7) is 4.81. The number of amides is 2. The van der Waals surface area contributed by atoms with Gasteiger partial charge in [0.05, 0.1) is 5.69 Å². The molecule has 4 rings (SSSR count). The summed E-state index contributed by atoms with van der Waals surface area (Å²) in [5, 5.41) is 9.90. The standard InChI is InChI=1S/C23H22N4O5/c1-14(28)24-16-5-7-17(8-6-16)25-22(30)23(2,3)27-21(29)11-9-18(26-27)15-4-10-19-20(12-15)32-13-31-19/h4-12H,13H2,1-3H3,(H,24,28)(H,25,30). The minimum Gasteiger partial charge on any atom is -0.454 e. The smallest absolute Gasteiger partial charge is 0.267 e. The van der Waals surface area contributed by atoms with Crippen molar-refractivity contribution in [1.82, 2.24) is 9.78 Å². The molecule has 0 unspecified atom stereocenters. The summed E-state index contributed by atoms with van der Waals surface area (Å²) in [7, 11) is 0. The summed E-state index contributed by atoms with van der Waals surface area (Å²) >= 11 is 0. The highest BCUT2D eigenvalue weighted by Gasteiger charge is 2.32. The molecule has 2 amide bonds. The minimum absolute atomic E-state index is 0.157. The molecule has 1 aliphatic rings. The molecular weight excluding hydrogens is 412 g/mol. The molecule has 164 valence electrons. The molecule has 0 radical (unpaired) electrons. The van der Waals surface area contributed by atoms with Gasteiger partial charge in [-0.3, -0.25) is 14.4 Å². The Morgan fingerprint density at radius 3 is 2.28 bits per heavy atom. The average Bonchev–Trinajstić information content (AvgIpc) is 3.23. The number of benzene rings is 2. The molecule has 0 bridgehead atoms. The van der Waals surface area contributed by atoms with Crippen LogP contribution in [0, 0.1) is 0 Å². The van der Waals surface area contributed by atoms with E-state index in [0.717, 1.165) is 10.2 Å². The lowest BCUT2D eigenvalue weighted by Gasteiger charge is -2.25. The molecule has 0 atom stereocenters. The van der Waals surface area contributed by atoms with E-state index in [2.05, 4.69) is 15.7 Å². The van der Waals surface area contributed by atoms with Crippen molar-refractivity contribution in [2.24, 2.45) is 0 Å². The third-order valence-corrected chi connectivity index (χ3v) is 5.02. The van der Waals surface area contributed by atoms with Gasteiger partial charge in [-0.15, -0.1) is 0 Å². The number of anilines is 2. The van der Waals surface area contributed by atoms with Crippen molar-refractivity contribution in [3.05, 3.63) is 65.0 Å². The number of nitrogens with zero attached hydrogens (tertiary/aromatic N) is 2. The van der Waals surface area contributed by atoms with E-state index in [4.69, 9.17) is 9.47 Å². The molecule has 9 nitrogen and oxygen atoms in total. The zero-order valence-corrected chi connectivity index (χ0v) is 17.8. The van der Waals surface area contributed by atoms with Crippen LogP contribution in [0.1, 0.15) is 20.8 Å². The lowest BCUT2D eigenvalue weighted by molar-refractivity contribution is -0.123. The van der Waals surface area contributed by atoms with Crippen LogP contribution < -0.4 is 25.7 Å². The Balaban J connectivity index is 1.59. The summed E-state index contributed by atoms with van der Waals surface area (Å²) in [5.74, 6) is 0.644. The van der Waals surface area contributed by atoms with Crippen LogP contribution in [-0.2, 0) is 15.1 Å². The Kier molecular flexibility index (Phi) is 5.40. The number of rotatable bonds is 5. The molecule has 2 N–H and O–H groups in total. The Morgan fingerprint density at radius 2 is 1.59 bits per heavy atom. The van der Waals surface area contributed by atoms with Crippen molar-refractivity contribution < 1.29 is 19.1 Å². The van der Waals surface area contributed by atoms with Gasteiger partial charge in [-0.05, 0) is 62.4 Å². The molecule has 0 fully saturated rings. The van der Waals surface area contributed by atoms with Gasteiger partial charge < -0.3 is 20.1 Å². The van der Waals surface area contributed by atoms with Crippen molar-refractivity contribution in [2.75, 3.05) is 17.4 Å². The van der Waals surface area contributed by atoms with E-state index in [0.29, 0.717) is 28.6 Å². The largest absolute Gasteiger partial charge is 0.454 e. The lowest BCUT2D eigenvalue weighted by atomic mass is 10.0. The van der Waals surface area contributed by atoms with E-state index in [1.54, 1.807) is 56.3 Å². The molecule has 0 aliphatic carbocycles. The fraction of sp³-hybridized carbons (Fsp3) is 0.217. The highest BCUT2D eigenvalue weighted by Crippen LogP contribution is 2.35. The van der Waals surface area contributed by atoms with E-state index in [9.17, 15) is 14.4 Å². The van der Waals surface area contributed by atoms with Gasteiger partial charge in [0, 0.05) is 29.9 Å². The second-order valence-electron chi connectivity index (χ2n) is 7.81. The van der Waals surface area contributed by atoms with Crippen LogP contribution in [0.15, 0.2) is 59.4 Å². The highest BCUT2D eigenvalue weighted by atomic mass is 16.7. The maximum absolute atomic E-state index is 13.0. The number of hydrogen-bond donors (Lipinski definition) is 2. The van der Waals surface area contributed by atoms with E-state index in [-0.39, 0.29) is 12.7 Å². The van der Waals surface area contributed by atoms with Gasteiger partial charge in [-0.2, -0.15) is 5.10 Å². The van der Waals surface area contributed by atoms with E-state index < -0.39 is 17.0 Å². The lowest BCUT2D eigenvalue weighted by Crippen LogP contribution is -2.47. The monoisotopic (exact) mass is 434 g/mol. The summed E-state index contributed by atoms with van der Waals surface area (Å²) < 4.78 is 11.9. The van der Waals surface area contributed by atoms with Gasteiger partial charge in [0.2, 0.25) is 12.7 Å².